The second-order valence-corrected chi connectivity index (χ2v) is 6.06. The number of amides is 1. The molecule has 140 valence electrons. The van der Waals surface area contributed by atoms with Gasteiger partial charge in [-0.2, -0.15) is 0 Å². The monoisotopic (exact) mass is 369 g/mol. The third-order valence-corrected chi connectivity index (χ3v) is 4.25. The van der Waals surface area contributed by atoms with Gasteiger partial charge in [0.2, 0.25) is 0 Å². The third-order valence-electron chi connectivity index (χ3n) is 4.25. The lowest BCUT2D eigenvalue weighted by Crippen LogP contribution is -2.38. The van der Waals surface area contributed by atoms with Crippen LogP contribution in [0.3, 0.4) is 0 Å². The molecule has 2 aromatic carbocycles. The Hall–Kier alpha value is -3.15. The van der Waals surface area contributed by atoms with Crippen LogP contribution in [-0.4, -0.2) is 43.1 Å². The van der Waals surface area contributed by atoms with E-state index in [9.17, 15) is 14.0 Å². The molecule has 0 unspecified atom stereocenters. The Bertz CT molecular complexity index is 835. The van der Waals surface area contributed by atoms with Gasteiger partial charge in [0, 0.05) is 13.1 Å². The van der Waals surface area contributed by atoms with Crippen LogP contribution in [0.4, 0.5) is 4.39 Å². The predicted octanol–water partition coefficient (Wildman–Crippen LogP) is 3.06. The number of hydrogen-bond acceptors (Lipinski definition) is 4. The number of para-hydroxylation sites is 1. The molecule has 0 saturated carbocycles. The number of nitrogens with zero attached hydrogens (tertiary/aromatic N) is 1. The summed E-state index contributed by atoms with van der Waals surface area (Å²) in [5.74, 6) is -1.58. The van der Waals surface area contributed by atoms with Crippen molar-refractivity contribution in [3.63, 3.8) is 0 Å². The molecule has 0 fully saturated rings. The van der Waals surface area contributed by atoms with Crippen LogP contribution >= 0.6 is 0 Å². The molecule has 1 heterocycles. The van der Waals surface area contributed by atoms with Crippen molar-refractivity contribution in [2.45, 2.75) is 6.42 Å². The maximum atomic E-state index is 13.4. The highest BCUT2D eigenvalue weighted by Gasteiger charge is 2.19. The number of benzene rings is 2. The fourth-order valence-electron chi connectivity index (χ4n) is 2.78. The van der Waals surface area contributed by atoms with E-state index in [0.717, 1.165) is 12.0 Å². The Labute approximate surface area is 157 Å². The van der Waals surface area contributed by atoms with Gasteiger partial charge in [-0.3, -0.25) is 4.79 Å². The van der Waals surface area contributed by atoms with Gasteiger partial charge in [-0.25, -0.2) is 9.18 Å². The molecule has 0 saturated heterocycles. The van der Waals surface area contributed by atoms with Gasteiger partial charge in [-0.1, -0.05) is 48.5 Å². The molecular weight excluding hydrogens is 349 g/mol. The van der Waals surface area contributed by atoms with Gasteiger partial charge in [0.25, 0.3) is 5.91 Å². The summed E-state index contributed by atoms with van der Waals surface area (Å²) in [6.07, 6.45) is 2.76. The number of hydrogen-bond donors (Lipinski definition) is 0. The van der Waals surface area contributed by atoms with Gasteiger partial charge in [-0.15, -0.1) is 0 Å². The van der Waals surface area contributed by atoms with E-state index in [1.807, 2.05) is 36.4 Å². The summed E-state index contributed by atoms with van der Waals surface area (Å²) < 4.78 is 23.4. The highest BCUT2D eigenvalue weighted by Crippen LogP contribution is 2.22. The lowest BCUT2D eigenvalue weighted by Gasteiger charge is -2.26. The van der Waals surface area contributed by atoms with Gasteiger partial charge in [-0.05, 0) is 29.7 Å². The zero-order valence-electron chi connectivity index (χ0n) is 14.8. The maximum absolute atomic E-state index is 13.4. The summed E-state index contributed by atoms with van der Waals surface area (Å²) in [7, 11) is 0. The van der Waals surface area contributed by atoms with E-state index >= 15 is 0 Å². The van der Waals surface area contributed by atoms with Crippen LogP contribution in [-0.2, 0) is 14.3 Å². The molecule has 1 aliphatic rings. The van der Waals surface area contributed by atoms with Gasteiger partial charge < -0.3 is 14.4 Å². The first-order valence-corrected chi connectivity index (χ1v) is 8.68. The van der Waals surface area contributed by atoms with Crippen LogP contribution in [0.25, 0.3) is 5.57 Å². The van der Waals surface area contributed by atoms with Crippen LogP contribution < -0.4 is 4.74 Å². The van der Waals surface area contributed by atoms with Crippen molar-refractivity contribution in [1.82, 2.24) is 4.90 Å². The fourth-order valence-corrected chi connectivity index (χ4v) is 2.78. The number of esters is 1. The lowest BCUT2D eigenvalue weighted by atomic mass is 10.00. The average Bonchev–Trinajstić information content (AvgIpc) is 2.72. The molecule has 0 N–H and O–H groups in total. The van der Waals surface area contributed by atoms with E-state index in [1.54, 1.807) is 11.0 Å². The Kier molecular flexibility index (Phi) is 6.20. The highest BCUT2D eigenvalue weighted by atomic mass is 19.1. The predicted molar refractivity (Wildman–Crippen MR) is 98.5 cm³/mol. The molecule has 5 nitrogen and oxygen atoms in total. The Morgan fingerprint density at radius 1 is 1.00 bits per heavy atom. The van der Waals surface area contributed by atoms with Crippen LogP contribution in [0.15, 0.2) is 60.7 Å². The number of carbonyl (C=O) groups excluding carboxylic acids is 2. The van der Waals surface area contributed by atoms with Crippen molar-refractivity contribution in [2.24, 2.45) is 0 Å². The van der Waals surface area contributed by atoms with Crippen molar-refractivity contribution >= 4 is 17.4 Å². The van der Waals surface area contributed by atoms with E-state index < -0.39 is 18.4 Å². The Balaban J connectivity index is 1.42. The summed E-state index contributed by atoms with van der Waals surface area (Å²) in [5, 5.41) is 0. The van der Waals surface area contributed by atoms with Crippen molar-refractivity contribution in [3.05, 3.63) is 72.1 Å². The summed E-state index contributed by atoms with van der Waals surface area (Å²) in [6.45, 7) is 0.245. The number of rotatable bonds is 6. The molecular formula is C21H20FNO4. The third kappa shape index (κ3) is 5.17. The van der Waals surface area contributed by atoms with E-state index in [4.69, 9.17) is 9.47 Å². The molecule has 1 aliphatic heterocycles. The van der Waals surface area contributed by atoms with E-state index in [0.29, 0.717) is 13.1 Å². The van der Waals surface area contributed by atoms with E-state index in [-0.39, 0.29) is 18.3 Å². The summed E-state index contributed by atoms with van der Waals surface area (Å²) >= 11 is 0. The summed E-state index contributed by atoms with van der Waals surface area (Å²) in [6, 6.07) is 15.8. The first-order chi connectivity index (χ1) is 13.1. The summed E-state index contributed by atoms with van der Waals surface area (Å²) in [4.78, 5) is 25.5. The molecule has 2 aromatic rings. The minimum atomic E-state index is -0.718. The maximum Gasteiger partial charge on any atom is 0.344 e. The normalized spacial score (nSPS) is 13.7. The molecule has 0 spiro atoms. The van der Waals surface area contributed by atoms with Gasteiger partial charge >= 0.3 is 5.97 Å². The van der Waals surface area contributed by atoms with Gasteiger partial charge in [0.1, 0.15) is 0 Å². The zero-order chi connectivity index (χ0) is 19.1. The fraction of sp³-hybridized carbons (Fsp3) is 0.238. The molecule has 0 aromatic heterocycles. The standard InChI is InChI=1S/C21H20FNO4/c22-18-8-4-5-9-19(18)26-15-21(25)27-14-20(24)23-12-10-17(11-13-23)16-6-2-1-3-7-16/h1-10H,11-15H2. The second kappa shape index (κ2) is 8.98. The summed E-state index contributed by atoms with van der Waals surface area (Å²) in [5.41, 5.74) is 2.36. The number of halogens is 1. The molecule has 6 heteroatoms. The van der Waals surface area contributed by atoms with Gasteiger partial charge in [0.15, 0.2) is 24.8 Å². The second-order valence-electron chi connectivity index (χ2n) is 6.06. The molecule has 0 atom stereocenters. The van der Waals surface area contributed by atoms with E-state index in [2.05, 4.69) is 0 Å². The van der Waals surface area contributed by atoms with Crippen molar-refractivity contribution in [2.75, 3.05) is 26.3 Å². The van der Waals surface area contributed by atoms with Crippen LogP contribution in [0.2, 0.25) is 0 Å². The molecule has 27 heavy (non-hydrogen) atoms. The molecule has 1 amide bonds. The highest BCUT2D eigenvalue weighted by molar-refractivity contribution is 5.82. The van der Waals surface area contributed by atoms with Gasteiger partial charge in [0.05, 0.1) is 0 Å². The van der Waals surface area contributed by atoms with E-state index in [1.165, 1.54) is 23.8 Å². The first-order valence-electron chi connectivity index (χ1n) is 8.68. The Morgan fingerprint density at radius 2 is 1.74 bits per heavy atom. The molecule has 0 bridgehead atoms. The van der Waals surface area contributed by atoms with Crippen LogP contribution in [0.5, 0.6) is 5.75 Å². The van der Waals surface area contributed by atoms with Crippen LogP contribution in [0, 0.1) is 5.82 Å². The van der Waals surface area contributed by atoms with Crippen LogP contribution in [0.1, 0.15) is 12.0 Å². The SMILES string of the molecule is O=C(COc1ccccc1F)OCC(=O)N1CC=C(c2ccccc2)CC1. The molecule has 0 aliphatic carbocycles. The van der Waals surface area contributed by atoms with Crippen molar-refractivity contribution < 1.29 is 23.5 Å². The minimum absolute atomic E-state index is 0.0321. The van der Waals surface area contributed by atoms with Crippen molar-refractivity contribution in [1.29, 1.82) is 0 Å². The minimum Gasteiger partial charge on any atom is -0.479 e. The molecule has 3 rings (SSSR count). The average molecular weight is 369 g/mol. The first kappa shape index (κ1) is 18.6. The topological polar surface area (TPSA) is 55.8 Å². The number of carbonyl (C=O) groups is 2. The number of ether oxygens (including phenoxy) is 2. The largest absolute Gasteiger partial charge is 0.479 e. The molecule has 0 radical (unpaired) electrons. The zero-order valence-corrected chi connectivity index (χ0v) is 14.8. The smallest absolute Gasteiger partial charge is 0.344 e. The lowest BCUT2D eigenvalue weighted by molar-refractivity contribution is -0.153. The van der Waals surface area contributed by atoms with Crippen molar-refractivity contribution in [3.8, 4) is 5.75 Å². The Morgan fingerprint density at radius 3 is 2.44 bits per heavy atom. The quantitative estimate of drug-likeness (QED) is 0.735.